The average Bonchev–Trinajstić information content (AvgIpc) is 2.83. The number of rotatable bonds is 5. The summed E-state index contributed by atoms with van der Waals surface area (Å²) in [4.78, 5) is 2.60. The predicted octanol–water partition coefficient (Wildman–Crippen LogP) is 3.28. The topological polar surface area (TPSA) is 12.5 Å². The van der Waals surface area contributed by atoms with Crippen LogP contribution in [0.25, 0.3) is 0 Å². The minimum absolute atomic E-state index is 0.351. The molecule has 0 aromatic carbocycles. The normalized spacial score (nSPS) is 29.6. The maximum Gasteiger partial charge on any atom is 0.0576 e. The number of nitrogens with zero attached hydrogens (tertiary/aromatic N) is 1. The zero-order valence-electron chi connectivity index (χ0n) is 11.0. The Morgan fingerprint density at radius 2 is 2.06 bits per heavy atom. The number of hydrogen-bond donors (Lipinski definition) is 0. The van der Waals surface area contributed by atoms with Crippen molar-refractivity contribution in [2.24, 2.45) is 5.92 Å². The van der Waals surface area contributed by atoms with Crippen molar-refractivity contribution in [1.82, 2.24) is 4.90 Å². The molecular weight excluding hydrogens is 234 g/mol. The lowest BCUT2D eigenvalue weighted by molar-refractivity contribution is 0.0959. The third kappa shape index (κ3) is 4.42. The molecule has 0 amide bonds. The molecule has 2 rings (SSSR count). The van der Waals surface area contributed by atoms with Crippen LogP contribution in [0.3, 0.4) is 0 Å². The molecule has 0 aromatic heterocycles. The van der Waals surface area contributed by atoms with Crippen molar-refractivity contribution in [3.63, 3.8) is 0 Å². The van der Waals surface area contributed by atoms with Crippen LogP contribution in [0.15, 0.2) is 0 Å². The van der Waals surface area contributed by atoms with E-state index in [1.807, 2.05) is 0 Å². The molecule has 2 unspecified atom stereocenters. The van der Waals surface area contributed by atoms with Crippen LogP contribution >= 0.6 is 11.6 Å². The van der Waals surface area contributed by atoms with E-state index in [2.05, 4.69) is 11.8 Å². The molecule has 2 atom stereocenters. The van der Waals surface area contributed by atoms with Gasteiger partial charge in [0.2, 0.25) is 0 Å². The van der Waals surface area contributed by atoms with Gasteiger partial charge >= 0.3 is 0 Å². The summed E-state index contributed by atoms with van der Waals surface area (Å²) >= 11 is 6.16. The highest BCUT2D eigenvalue weighted by Gasteiger charge is 2.22. The fourth-order valence-corrected chi connectivity index (χ4v) is 3.30. The van der Waals surface area contributed by atoms with Gasteiger partial charge in [-0.3, -0.25) is 0 Å². The van der Waals surface area contributed by atoms with E-state index < -0.39 is 0 Å². The van der Waals surface area contributed by atoms with E-state index in [-0.39, 0.29) is 0 Å². The SMILES string of the molecule is CC(Cl)C1CCN(CCCC2CCCO2)CC1. The standard InChI is InChI=1S/C14H26ClNO/c1-12(15)13-6-9-16(10-7-13)8-2-4-14-5-3-11-17-14/h12-14H,2-11H2,1H3. The molecule has 0 saturated carbocycles. The Morgan fingerprint density at radius 1 is 1.29 bits per heavy atom. The highest BCUT2D eigenvalue weighted by atomic mass is 35.5. The number of piperidine rings is 1. The van der Waals surface area contributed by atoms with Gasteiger partial charge in [0.05, 0.1) is 6.10 Å². The molecule has 2 nitrogen and oxygen atoms in total. The van der Waals surface area contributed by atoms with Gasteiger partial charge in [-0.25, -0.2) is 0 Å². The third-order valence-corrected chi connectivity index (χ3v) is 4.66. The lowest BCUT2D eigenvalue weighted by Gasteiger charge is -2.33. The van der Waals surface area contributed by atoms with Gasteiger partial charge in [-0.2, -0.15) is 0 Å². The molecule has 3 heteroatoms. The van der Waals surface area contributed by atoms with Crippen LogP contribution in [0.5, 0.6) is 0 Å². The van der Waals surface area contributed by atoms with E-state index in [1.54, 1.807) is 0 Å². The lowest BCUT2D eigenvalue weighted by Crippen LogP contribution is -2.36. The Labute approximate surface area is 111 Å². The van der Waals surface area contributed by atoms with Crippen LogP contribution in [-0.4, -0.2) is 42.6 Å². The number of hydrogen-bond acceptors (Lipinski definition) is 2. The zero-order valence-corrected chi connectivity index (χ0v) is 11.8. The summed E-state index contributed by atoms with van der Waals surface area (Å²) in [7, 11) is 0. The first-order chi connectivity index (χ1) is 8.25. The van der Waals surface area contributed by atoms with Crippen molar-refractivity contribution in [3.05, 3.63) is 0 Å². The molecule has 2 heterocycles. The first-order valence-corrected chi connectivity index (χ1v) is 7.67. The first kappa shape index (κ1) is 13.6. The molecule has 17 heavy (non-hydrogen) atoms. The fraction of sp³-hybridized carbons (Fsp3) is 1.00. The van der Waals surface area contributed by atoms with Gasteiger partial charge in [0.15, 0.2) is 0 Å². The molecule has 2 aliphatic rings. The van der Waals surface area contributed by atoms with Gasteiger partial charge in [0.1, 0.15) is 0 Å². The largest absolute Gasteiger partial charge is 0.378 e. The molecule has 0 aromatic rings. The van der Waals surface area contributed by atoms with Crippen LogP contribution in [0.2, 0.25) is 0 Å². The fourth-order valence-electron chi connectivity index (χ4n) is 3.05. The Balaban J connectivity index is 1.55. The Morgan fingerprint density at radius 3 is 2.65 bits per heavy atom. The first-order valence-electron chi connectivity index (χ1n) is 7.23. The van der Waals surface area contributed by atoms with Crippen LogP contribution < -0.4 is 0 Å². The average molecular weight is 260 g/mol. The Bertz CT molecular complexity index is 208. The van der Waals surface area contributed by atoms with E-state index in [4.69, 9.17) is 16.3 Å². The summed E-state index contributed by atoms with van der Waals surface area (Å²) in [6.45, 7) is 6.87. The zero-order chi connectivity index (χ0) is 12.1. The molecule has 2 aliphatic heterocycles. The molecule has 0 spiro atoms. The number of halogens is 1. The van der Waals surface area contributed by atoms with Gasteiger partial charge in [0.25, 0.3) is 0 Å². The van der Waals surface area contributed by atoms with Gasteiger partial charge < -0.3 is 9.64 Å². The minimum atomic E-state index is 0.351. The van der Waals surface area contributed by atoms with E-state index in [9.17, 15) is 0 Å². The lowest BCUT2D eigenvalue weighted by atomic mass is 9.94. The van der Waals surface area contributed by atoms with Crippen molar-refractivity contribution in [2.45, 2.75) is 56.9 Å². The second-order valence-electron chi connectivity index (χ2n) is 5.63. The van der Waals surface area contributed by atoms with E-state index in [0.29, 0.717) is 11.5 Å². The summed E-state index contributed by atoms with van der Waals surface area (Å²) in [5.41, 5.74) is 0. The van der Waals surface area contributed by atoms with Gasteiger partial charge in [0, 0.05) is 12.0 Å². The van der Waals surface area contributed by atoms with Crippen molar-refractivity contribution in [3.8, 4) is 0 Å². The molecule has 100 valence electrons. The van der Waals surface area contributed by atoms with Gasteiger partial charge in [-0.15, -0.1) is 11.6 Å². The number of alkyl halides is 1. The van der Waals surface area contributed by atoms with Crippen LogP contribution in [0.4, 0.5) is 0 Å². The predicted molar refractivity (Wildman–Crippen MR) is 72.7 cm³/mol. The number of likely N-dealkylation sites (tertiary alicyclic amines) is 1. The molecule has 2 saturated heterocycles. The summed E-state index contributed by atoms with van der Waals surface area (Å²) in [6.07, 6.45) is 8.23. The van der Waals surface area contributed by atoms with Crippen molar-refractivity contribution < 1.29 is 4.74 Å². The van der Waals surface area contributed by atoms with Crippen molar-refractivity contribution in [1.29, 1.82) is 0 Å². The van der Waals surface area contributed by atoms with Crippen LogP contribution in [-0.2, 0) is 4.74 Å². The summed E-state index contributed by atoms with van der Waals surface area (Å²) in [5, 5.41) is 0.351. The molecule has 0 aliphatic carbocycles. The minimum Gasteiger partial charge on any atom is -0.378 e. The molecule has 0 N–H and O–H groups in total. The molecule has 2 fully saturated rings. The van der Waals surface area contributed by atoms with Crippen molar-refractivity contribution in [2.75, 3.05) is 26.2 Å². The Kier molecular flexibility index (Phi) is 5.58. The maximum atomic E-state index is 6.16. The second kappa shape index (κ2) is 6.96. The monoisotopic (exact) mass is 259 g/mol. The molecule has 0 radical (unpaired) electrons. The van der Waals surface area contributed by atoms with Gasteiger partial charge in [-0.1, -0.05) is 0 Å². The van der Waals surface area contributed by atoms with Gasteiger partial charge in [-0.05, 0) is 71.0 Å². The smallest absolute Gasteiger partial charge is 0.0576 e. The highest BCUT2D eigenvalue weighted by Crippen LogP contribution is 2.24. The summed E-state index contributed by atoms with van der Waals surface area (Å²) in [6, 6.07) is 0. The van der Waals surface area contributed by atoms with Crippen molar-refractivity contribution >= 4 is 11.6 Å². The third-order valence-electron chi connectivity index (χ3n) is 4.31. The quantitative estimate of drug-likeness (QED) is 0.703. The van der Waals surface area contributed by atoms with E-state index in [1.165, 1.54) is 58.2 Å². The molecule has 0 bridgehead atoms. The Hall–Kier alpha value is 0.210. The maximum absolute atomic E-state index is 6.16. The van der Waals surface area contributed by atoms with Crippen LogP contribution in [0, 0.1) is 5.92 Å². The van der Waals surface area contributed by atoms with E-state index in [0.717, 1.165) is 12.5 Å². The summed E-state index contributed by atoms with van der Waals surface area (Å²) in [5.74, 6) is 0.742. The molecular formula is C14H26ClNO. The number of ether oxygens (including phenoxy) is 1. The van der Waals surface area contributed by atoms with Crippen LogP contribution in [0.1, 0.15) is 45.4 Å². The second-order valence-corrected chi connectivity index (χ2v) is 6.32. The highest BCUT2D eigenvalue weighted by molar-refractivity contribution is 6.20. The van der Waals surface area contributed by atoms with E-state index >= 15 is 0 Å². The summed E-state index contributed by atoms with van der Waals surface area (Å²) < 4.78 is 5.65.